The number of hydrogen-bond acceptors (Lipinski definition) is 5. The number of thiophene rings is 1. The van der Waals surface area contributed by atoms with Gasteiger partial charge in [-0.25, -0.2) is 14.8 Å². The number of carboxylic acid groups (broad SMARTS) is 1. The van der Waals surface area contributed by atoms with E-state index in [1.165, 1.54) is 17.3 Å². The number of aromatic carboxylic acids is 1. The van der Waals surface area contributed by atoms with Crippen LogP contribution in [-0.2, 0) is 6.42 Å². The number of anilines is 1. The molecule has 0 amide bonds. The third-order valence-corrected chi connectivity index (χ3v) is 3.25. The fourth-order valence-electron chi connectivity index (χ4n) is 1.55. The van der Waals surface area contributed by atoms with Gasteiger partial charge in [0.2, 0.25) is 0 Å². The Balaban J connectivity index is 1.94. The Morgan fingerprint density at radius 3 is 2.89 bits per heavy atom. The van der Waals surface area contributed by atoms with Crippen molar-refractivity contribution in [2.24, 2.45) is 0 Å². The normalized spacial score (nSPS) is 12.1. The molecule has 0 saturated heterocycles. The Kier molecular flexibility index (Phi) is 3.88. The summed E-state index contributed by atoms with van der Waals surface area (Å²) in [6.07, 6.45) is 3.59. The molecule has 2 aromatic rings. The summed E-state index contributed by atoms with van der Waals surface area (Å²) in [4.78, 5) is 19.7. The second-order valence-electron chi connectivity index (χ2n) is 3.92. The molecule has 0 aliphatic rings. The smallest absolute Gasteiger partial charge is 0.356 e. The van der Waals surface area contributed by atoms with E-state index in [0.29, 0.717) is 5.82 Å². The van der Waals surface area contributed by atoms with Gasteiger partial charge in [-0.2, -0.15) is 0 Å². The van der Waals surface area contributed by atoms with E-state index in [4.69, 9.17) is 5.11 Å². The summed E-state index contributed by atoms with van der Waals surface area (Å²) < 4.78 is 0. The molecule has 1 unspecified atom stereocenters. The number of aromatic nitrogens is 2. The van der Waals surface area contributed by atoms with Crippen LogP contribution in [-0.4, -0.2) is 27.1 Å². The van der Waals surface area contributed by atoms with E-state index in [9.17, 15) is 4.79 Å². The van der Waals surface area contributed by atoms with Gasteiger partial charge in [0, 0.05) is 17.3 Å². The zero-order valence-corrected chi connectivity index (χ0v) is 10.6. The van der Waals surface area contributed by atoms with Gasteiger partial charge >= 0.3 is 5.97 Å². The molecule has 0 fully saturated rings. The molecule has 0 saturated carbocycles. The van der Waals surface area contributed by atoms with Gasteiger partial charge in [-0.1, -0.05) is 6.07 Å². The van der Waals surface area contributed by atoms with E-state index in [1.54, 1.807) is 11.3 Å². The molecule has 0 bridgehead atoms. The van der Waals surface area contributed by atoms with Crippen molar-refractivity contribution in [3.05, 3.63) is 40.5 Å². The number of rotatable bonds is 5. The minimum atomic E-state index is -1.07. The monoisotopic (exact) mass is 263 g/mol. The van der Waals surface area contributed by atoms with Gasteiger partial charge in [0.25, 0.3) is 0 Å². The van der Waals surface area contributed by atoms with Crippen LogP contribution in [0.25, 0.3) is 0 Å². The second kappa shape index (κ2) is 5.59. The number of nitrogens with zero attached hydrogens (tertiary/aromatic N) is 2. The van der Waals surface area contributed by atoms with Gasteiger partial charge in [0.1, 0.15) is 5.82 Å². The van der Waals surface area contributed by atoms with Gasteiger partial charge in [0.05, 0.1) is 12.4 Å². The molecule has 2 N–H and O–H groups in total. The van der Waals surface area contributed by atoms with Gasteiger partial charge < -0.3 is 10.4 Å². The molecule has 6 heteroatoms. The molecule has 0 aliphatic heterocycles. The van der Waals surface area contributed by atoms with Gasteiger partial charge in [0.15, 0.2) is 5.69 Å². The molecule has 18 heavy (non-hydrogen) atoms. The first-order chi connectivity index (χ1) is 8.65. The van der Waals surface area contributed by atoms with Crippen LogP contribution in [0.15, 0.2) is 29.9 Å². The molecule has 0 radical (unpaired) electrons. The lowest BCUT2D eigenvalue weighted by Gasteiger charge is -2.13. The number of carboxylic acids is 1. The van der Waals surface area contributed by atoms with Crippen molar-refractivity contribution >= 4 is 23.1 Å². The van der Waals surface area contributed by atoms with E-state index in [1.807, 2.05) is 18.4 Å². The highest BCUT2D eigenvalue weighted by Gasteiger charge is 2.08. The lowest BCUT2D eigenvalue weighted by molar-refractivity contribution is 0.0690. The average molecular weight is 263 g/mol. The van der Waals surface area contributed by atoms with E-state index in [2.05, 4.69) is 21.4 Å². The van der Waals surface area contributed by atoms with Crippen molar-refractivity contribution in [1.82, 2.24) is 9.97 Å². The van der Waals surface area contributed by atoms with Crippen molar-refractivity contribution in [1.29, 1.82) is 0 Å². The first kappa shape index (κ1) is 12.5. The number of hydrogen-bond donors (Lipinski definition) is 2. The Hall–Kier alpha value is -1.95. The van der Waals surface area contributed by atoms with Gasteiger partial charge in [-0.05, 0) is 18.4 Å². The fraction of sp³-hybridized carbons (Fsp3) is 0.250. The molecular formula is C12H13N3O2S. The van der Waals surface area contributed by atoms with Crippen LogP contribution in [0.5, 0.6) is 0 Å². The number of nitrogens with one attached hydrogen (secondary N) is 1. The second-order valence-corrected chi connectivity index (χ2v) is 4.95. The predicted molar refractivity (Wildman–Crippen MR) is 70.1 cm³/mol. The lowest BCUT2D eigenvalue weighted by atomic mass is 10.2. The van der Waals surface area contributed by atoms with Crippen LogP contribution < -0.4 is 5.32 Å². The predicted octanol–water partition coefficient (Wildman–Crippen LogP) is 2.28. The first-order valence-corrected chi connectivity index (χ1v) is 6.37. The van der Waals surface area contributed by atoms with Crippen LogP contribution >= 0.6 is 11.3 Å². The molecule has 2 rings (SSSR count). The zero-order valence-electron chi connectivity index (χ0n) is 9.83. The standard InChI is InChI=1S/C12H13N3O2S/c1-8(5-9-3-2-4-18-9)15-11-7-13-10(6-14-11)12(16)17/h2-4,6-8H,5H2,1H3,(H,14,15)(H,16,17). The van der Waals surface area contributed by atoms with Gasteiger partial charge in [-0.15, -0.1) is 11.3 Å². The highest BCUT2D eigenvalue weighted by molar-refractivity contribution is 7.09. The van der Waals surface area contributed by atoms with E-state index >= 15 is 0 Å². The Bertz CT molecular complexity index is 511. The molecule has 0 aliphatic carbocycles. The van der Waals surface area contributed by atoms with E-state index in [-0.39, 0.29) is 11.7 Å². The summed E-state index contributed by atoms with van der Waals surface area (Å²) in [6.45, 7) is 2.05. The van der Waals surface area contributed by atoms with Crippen molar-refractivity contribution in [2.45, 2.75) is 19.4 Å². The van der Waals surface area contributed by atoms with Crippen molar-refractivity contribution in [2.75, 3.05) is 5.32 Å². The summed E-state index contributed by atoms with van der Waals surface area (Å²) in [5, 5.41) is 13.9. The van der Waals surface area contributed by atoms with E-state index in [0.717, 1.165) is 6.42 Å². The summed E-state index contributed by atoms with van der Waals surface area (Å²) in [5.74, 6) is -0.482. The highest BCUT2D eigenvalue weighted by atomic mass is 32.1. The SMILES string of the molecule is CC(Cc1cccs1)Nc1cnc(C(=O)O)cn1. The Morgan fingerprint density at radius 2 is 2.33 bits per heavy atom. The molecule has 2 aromatic heterocycles. The third kappa shape index (κ3) is 3.27. The Labute approximate surface area is 109 Å². The minimum Gasteiger partial charge on any atom is -0.476 e. The average Bonchev–Trinajstić information content (AvgIpc) is 2.82. The van der Waals surface area contributed by atoms with Crippen molar-refractivity contribution in [3.63, 3.8) is 0 Å². The lowest BCUT2D eigenvalue weighted by Crippen LogP contribution is -2.18. The molecule has 1 atom stereocenters. The Morgan fingerprint density at radius 1 is 1.50 bits per heavy atom. The topological polar surface area (TPSA) is 75.1 Å². The van der Waals surface area contributed by atoms with Crippen LogP contribution in [0.2, 0.25) is 0 Å². The molecule has 5 nitrogen and oxygen atoms in total. The molecule has 0 spiro atoms. The summed E-state index contributed by atoms with van der Waals surface area (Å²) in [5.41, 5.74) is -0.0496. The zero-order chi connectivity index (χ0) is 13.0. The first-order valence-electron chi connectivity index (χ1n) is 5.49. The maximum atomic E-state index is 10.6. The van der Waals surface area contributed by atoms with Crippen LogP contribution in [0, 0.1) is 0 Å². The molecule has 2 heterocycles. The largest absolute Gasteiger partial charge is 0.476 e. The molecule has 94 valence electrons. The summed E-state index contributed by atoms with van der Waals surface area (Å²) >= 11 is 1.71. The van der Waals surface area contributed by atoms with Crippen molar-refractivity contribution < 1.29 is 9.90 Å². The maximum Gasteiger partial charge on any atom is 0.356 e. The van der Waals surface area contributed by atoms with Crippen LogP contribution in [0.1, 0.15) is 22.3 Å². The maximum absolute atomic E-state index is 10.6. The quantitative estimate of drug-likeness (QED) is 0.865. The summed E-state index contributed by atoms with van der Waals surface area (Å²) in [6, 6.07) is 4.32. The molecule has 0 aromatic carbocycles. The highest BCUT2D eigenvalue weighted by Crippen LogP contribution is 2.13. The van der Waals surface area contributed by atoms with Crippen LogP contribution in [0.3, 0.4) is 0 Å². The molecular weight excluding hydrogens is 250 g/mol. The van der Waals surface area contributed by atoms with E-state index < -0.39 is 5.97 Å². The van der Waals surface area contributed by atoms with Crippen molar-refractivity contribution in [3.8, 4) is 0 Å². The minimum absolute atomic E-state index is 0.0496. The fourth-order valence-corrected chi connectivity index (χ4v) is 2.38. The van der Waals surface area contributed by atoms with Crippen LogP contribution in [0.4, 0.5) is 5.82 Å². The summed E-state index contributed by atoms with van der Waals surface area (Å²) in [7, 11) is 0. The van der Waals surface area contributed by atoms with Gasteiger partial charge in [-0.3, -0.25) is 0 Å². The number of carbonyl (C=O) groups is 1. The third-order valence-electron chi connectivity index (χ3n) is 2.35.